The summed E-state index contributed by atoms with van der Waals surface area (Å²) in [6.07, 6.45) is 10.2. The van der Waals surface area contributed by atoms with Gasteiger partial charge in [0.25, 0.3) is 5.91 Å². The van der Waals surface area contributed by atoms with Crippen LogP contribution in [0.15, 0.2) is 24.4 Å². The van der Waals surface area contributed by atoms with Crippen LogP contribution in [0.5, 0.6) is 0 Å². The van der Waals surface area contributed by atoms with E-state index in [9.17, 15) is 4.79 Å². The molecular weight excluding hydrogens is 324 g/mol. The number of nitriles is 1. The summed E-state index contributed by atoms with van der Waals surface area (Å²) in [7, 11) is 0. The quantitative estimate of drug-likeness (QED) is 0.921. The first kappa shape index (κ1) is 15.9. The largest absolute Gasteiger partial charge is 0.350 e. The molecule has 4 saturated carbocycles. The van der Waals surface area contributed by atoms with Crippen molar-refractivity contribution in [3.8, 4) is 6.07 Å². The van der Waals surface area contributed by atoms with Gasteiger partial charge in [0.2, 0.25) is 0 Å². The van der Waals surface area contributed by atoms with E-state index in [-0.39, 0.29) is 12.3 Å². The Labute approximate surface area is 153 Å². The van der Waals surface area contributed by atoms with Crippen molar-refractivity contribution in [3.05, 3.63) is 35.8 Å². The van der Waals surface area contributed by atoms with Gasteiger partial charge in [-0.1, -0.05) is 6.07 Å². The van der Waals surface area contributed by atoms with Crippen LogP contribution in [0.4, 0.5) is 0 Å². The maximum absolute atomic E-state index is 12.9. The van der Waals surface area contributed by atoms with Gasteiger partial charge in [0.15, 0.2) is 0 Å². The molecule has 4 aliphatic carbocycles. The number of carbonyl (C=O) groups is 1. The average Bonchev–Trinajstić information content (AvgIpc) is 3.01. The standard InChI is InChI=1S/C21H24N4O/c22-5-4-17-12-25-18(2-1-3-19(25)24-17)20(26)23-13-21-9-14-6-15(10-21)8-16(7-14)11-21/h1-3,12,14-16H,4,6-11,13H2,(H,23,26). The molecule has 4 aliphatic rings. The number of amides is 1. The third-order valence-electron chi connectivity index (χ3n) is 6.82. The number of hydrogen-bond donors (Lipinski definition) is 1. The maximum atomic E-state index is 12.9. The Morgan fingerprint density at radius 2 is 1.92 bits per heavy atom. The Hall–Kier alpha value is -2.35. The number of aromatic nitrogens is 2. The maximum Gasteiger partial charge on any atom is 0.268 e. The van der Waals surface area contributed by atoms with Gasteiger partial charge in [-0.3, -0.25) is 9.20 Å². The van der Waals surface area contributed by atoms with E-state index in [2.05, 4.69) is 16.4 Å². The molecule has 1 N–H and O–H groups in total. The minimum atomic E-state index is -0.0350. The lowest BCUT2D eigenvalue weighted by atomic mass is 9.49. The highest BCUT2D eigenvalue weighted by molar-refractivity contribution is 5.93. The average molecular weight is 348 g/mol. The zero-order valence-electron chi connectivity index (χ0n) is 14.9. The van der Waals surface area contributed by atoms with E-state index in [1.54, 1.807) is 6.20 Å². The SMILES string of the molecule is N#CCc1cn2c(C(=O)NCC34CC5CC(CC(C5)C3)C4)cccc2n1. The van der Waals surface area contributed by atoms with Gasteiger partial charge in [0.1, 0.15) is 11.3 Å². The monoisotopic (exact) mass is 348 g/mol. The van der Waals surface area contributed by atoms with Crippen LogP contribution in [0.1, 0.15) is 54.7 Å². The molecule has 5 nitrogen and oxygen atoms in total. The fourth-order valence-electron chi connectivity index (χ4n) is 6.28. The summed E-state index contributed by atoms with van der Waals surface area (Å²) in [5, 5.41) is 12.1. The van der Waals surface area contributed by atoms with Crippen molar-refractivity contribution in [3.63, 3.8) is 0 Å². The van der Waals surface area contributed by atoms with Gasteiger partial charge < -0.3 is 5.32 Å². The first-order valence-electron chi connectivity index (χ1n) is 9.76. The van der Waals surface area contributed by atoms with E-state index in [0.717, 1.165) is 29.9 Å². The molecule has 2 aromatic rings. The van der Waals surface area contributed by atoms with Crippen molar-refractivity contribution in [2.24, 2.45) is 23.2 Å². The van der Waals surface area contributed by atoms with E-state index in [4.69, 9.17) is 5.26 Å². The number of nitrogens with zero attached hydrogens (tertiary/aromatic N) is 3. The van der Waals surface area contributed by atoms with E-state index in [1.807, 2.05) is 22.6 Å². The highest BCUT2D eigenvalue weighted by atomic mass is 16.1. The van der Waals surface area contributed by atoms with Gasteiger partial charge in [-0.25, -0.2) is 4.98 Å². The molecule has 2 heterocycles. The van der Waals surface area contributed by atoms with Gasteiger partial charge in [-0.05, 0) is 73.8 Å². The lowest BCUT2D eigenvalue weighted by Gasteiger charge is -2.56. The molecule has 0 spiro atoms. The molecule has 0 unspecified atom stereocenters. The minimum Gasteiger partial charge on any atom is -0.350 e. The summed E-state index contributed by atoms with van der Waals surface area (Å²) in [6.45, 7) is 0.797. The van der Waals surface area contributed by atoms with Gasteiger partial charge in [0.05, 0.1) is 18.2 Å². The summed E-state index contributed by atoms with van der Waals surface area (Å²) in [6, 6.07) is 7.68. The number of carbonyl (C=O) groups excluding carboxylic acids is 1. The Morgan fingerprint density at radius 1 is 1.23 bits per heavy atom. The van der Waals surface area contributed by atoms with Crippen LogP contribution in [-0.2, 0) is 6.42 Å². The predicted octanol–water partition coefficient (Wildman–Crippen LogP) is 3.35. The Balaban J connectivity index is 1.35. The Morgan fingerprint density at radius 3 is 2.58 bits per heavy atom. The highest BCUT2D eigenvalue weighted by Crippen LogP contribution is 2.59. The van der Waals surface area contributed by atoms with Crippen molar-refractivity contribution in [2.75, 3.05) is 6.54 Å². The van der Waals surface area contributed by atoms with Crippen LogP contribution in [0.3, 0.4) is 0 Å². The molecule has 1 amide bonds. The molecular formula is C21H24N4O. The second-order valence-corrected chi connectivity index (χ2v) is 8.81. The zero-order chi connectivity index (χ0) is 17.7. The van der Waals surface area contributed by atoms with Gasteiger partial charge in [0, 0.05) is 12.7 Å². The van der Waals surface area contributed by atoms with E-state index in [0.29, 0.717) is 16.8 Å². The van der Waals surface area contributed by atoms with Crippen molar-refractivity contribution in [2.45, 2.75) is 44.9 Å². The van der Waals surface area contributed by atoms with Crippen LogP contribution in [0.25, 0.3) is 5.65 Å². The molecule has 0 radical (unpaired) electrons. The summed E-state index contributed by atoms with van der Waals surface area (Å²) < 4.78 is 1.81. The number of imidazole rings is 1. The molecule has 4 bridgehead atoms. The molecule has 0 aliphatic heterocycles. The van der Waals surface area contributed by atoms with Crippen LogP contribution in [0, 0.1) is 34.5 Å². The smallest absolute Gasteiger partial charge is 0.268 e. The summed E-state index contributed by atoms with van der Waals surface area (Å²) in [5.74, 6) is 2.64. The minimum absolute atomic E-state index is 0.0350. The molecule has 5 heteroatoms. The van der Waals surface area contributed by atoms with E-state index >= 15 is 0 Å². The third kappa shape index (κ3) is 2.59. The second-order valence-electron chi connectivity index (χ2n) is 8.81. The first-order chi connectivity index (χ1) is 12.6. The van der Waals surface area contributed by atoms with E-state index < -0.39 is 0 Å². The molecule has 134 valence electrons. The lowest BCUT2D eigenvalue weighted by molar-refractivity contribution is -0.0503. The van der Waals surface area contributed by atoms with Crippen molar-refractivity contribution in [1.29, 1.82) is 5.26 Å². The van der Waals surface area contributed by atoms with Crippen molar-refractivity contribution in [1.82, 2.24) is 14.7 Å². The first-order valence-corrected chi connectivity index (χ1v) is 9.76. The summed E-state index contributed by atoms with van der Waals surface area (Å²) in [4.78, 5) is 17.3. The number of fused-ring (bicyclic) bond motifs is 1. The van der Waals surface area contributed by atoms with Crippen LogP contribution >= 0.6 is 0 Å². The highest BCUT2D eigenvalue weighted by Gasteiger charge is 2.50. The van der Waals surface area contributed by atoms with Crippen LogP contribution in [0.2, 0.25) is 0 Å². The van der Waals surface area contributed by atoms with E-state index in [1.165, 1.54) is 38.5 Å². The van der Waals surface area contributed by atoms with Gasteiger partial charge in [-0.15, -0.1) is 0 Å². The molecule has 0 atom stereocenters. The Kier molecular flexibility index (Phi) is 3.56. The summed E-state index contributed by atoms with van der Waals surface area (Å²) >= 11 is 0. The molecule has 4 fully saturated rings. The fourth-order valence-corrected chi connectivity index (χ4v) is 6.28. The topological polar surface area (TPSA) is 70.2 Å². The molecule has 0 aromatic carbocycles. The zero-order valence-corrected chi connectivity index (χ0v) is 14.9. The number of nitrogens with one attached hydrogen (secondary N) is 1. The lowest BCUT2D eigenvalue weighted by Crippen LogP contribution is -2.51. The normalized spacial score (nSPS) is 31.9. The van der Waals surface area contributed by atoms with Gasteiger partial charge in [-0.2, -0.15) is 5.26 Å². The second kappa shape index (κ2) is 5.84. The molecule has 6 rings (SSSR count). The number of rotatable bonds is 4. The number of pyridine rings is 1. The molecule has 2 aromatic heterocycles. The predicted molar refractivity (Wildman–Crippen MR) is 97.4 cm³/mol. The third-order valence-corrected chi connectivity index (χ3v) is 6.82. The number of hydrogen-bond acceptors (Lipinski definition) is 3. The molecule has 0 saturated heterocycles. The van der Waals surface area contributed by atoms with Crippen LogP contribution in [-0.4, -0.2) is 21.8 Å². The molecule has 26 heavy (non-hydrogen) atoms. The fraction of sp³-hybridized carbons (Fsp3) is 0.571. The Bertz CT molecular complexity index is 871. The van der Waals surface area contributed by atoms with Crippen LogP contribution < -0.4 is 5.32 Å². The van der Waals surface area contributed by atoms with Crippen molar-refractivity contribution >= 4 is 11.6 Å². The summed E-state index contributed by atoms with van der Waals surface area (Å²) in [5.41, 5.74) is 2.36. The van der Waals surface area contributed by atoms with Gasteiger partial charge >= 0.3 is 0 Å². The van der Waals surface area contributed by atoms with Crippen molar-refractivity contribution < 1.29 is 4.79 Å².